The molecule has 2 amide bonds. The third-order valence-electron chi connectivity index (χ3n) is 3.73. The molecule has 0 aliphatic rings. The summed E-state index contributed by atoms with van der Waals surface area (Å²) in [5, 5.41) is 2.86. The Morgan fingerprint density at radius 3 is 2.20 bits per heavy atom. The summed E-state index contributed by atoms with van der Waals surface area (Å²) in [4.78, 5) is 25.4. The molecule has 2 aromatic carbocycles. The Kier molecular flexibility index (Phi) is 8.11. The van der Waals surface area contributed by atoms with Crippen LogP contribution >= 0.6 is 12.4 Å². The lowest BCUT2D eigenvalue weighted by molar-refractivity contribution is -0.121. The maximum Gasteiger partial charge on any atom is 0.253 e. The molecule has 0 saturated carbocycles. The van der Waals surface area contributed by atoms with E-state index in [1.54, 1.807) is 26.2 Å². The van der Waals surface area contributed by atoms with Crippen LogP contribution in [0.5, 0.6) is 0 Å². The van der Waals surface area contributed by atoms with Gasteiger partial charge in [-0.15, -0.1) is 12.4 Å². The maximum atomic E-state index is 12.0. The molecule has 0 bridgehead atoms. The smallest absolute Gasteiger partial charge is 0.253 e. The predicted molar refractivity (Wildman–Crippen MR) is 102 cm³/mol. The van der Waals surface area contributed by atoms with Crippen molar-refractivity contribution in [3.8, 4) is 0 Å². The van der Waals surface area contributed by atoms with Crippen LogP contribution in [0.15, 0.2) is 54.6 Å². The Hall–Kier alpha value is -2.37. The van der Waals surface area contributed by atoms with Crippen LogP contribution in [0.25, 0.3) is 0 Å². The Morgan fingerprint density at radius 2 is 1.64 bits per heavy atom. The fourth-order valence-corrected chi connectivity index (χ4v) is 2.31. The van der Waals surface area contributed by atoms with Crippen molar-refractivity contribution in [1.82, 2.24) is 10.2 Å². The van der Waals surface area contributed by atoms with Crippen molar-refractivity contribution in [2.75, 3.05) is 14.1 Å². The second kappa shape index (κ2) is 9.81. The van der Waals surface area contributed by atoms with E-state index in [0.717, 1.165) is 11.1 Å². The molecule has 0 aliphatic heterocycles. The monoisotopic (exact) mass is 361 g/mol. The van der Waals surface area contributed by atoms with E-state index in [0.29, 0.717) is 12.1 Å². The van der Waals surface area contributed by atoms with Gasteiger partial charge in [0.05, 0.1) is 0 Å². The topological polar surface area (TPSA) is 75.4 Å². The second-order valence-electron chi connectivity index (χ2n) is 5.89. The first-order valence-corrected chi connectivity index (χ1v) is 7.85. The van der Waals surface area contributed by atoms with Gasteiger partial charge in [-0.1, -0.05) is 42.5 Å². The highest BCUT2D eigenvalue weighted by atomic mass is 35.5. The highest BCUT2D eigenvalue weighted by Crippen LogP contribution is 2.13. The molecule has 2 rings (SSSR count). The van der Waals surface area contributed by atoms with E-state index >= 15 is 0 Å². The zero-order chi connectivity index (χ0) is 17.5. The molecule has 134 valence electrons. The molecule has 0 fully saturated rings. The zero-order valence-electron chi connectivity index (χ0n) is 14.4. The highest BCUT2D eigenvalue weighted by Gasteiger charge is 2.11. The van der Waals surface area contributed by atoms with Crippen molar-refractivity contribution in [2.45, 2.75) is 19.0 Å². The van der Waals surface area contributed by atoms with Crippen LogP contribution in [0.4, 0.5) is 0 Å². The Bertz CT molecular complexity index is 688. The summed E-state index contributed by atoms with van der Waals surface area (Å²) in [5.41, 5.74) is 8.55. The summed E-state index contributed by atoms with van der Waals surface area (Å²) in [6, 6.07) is 16.5. The number of rotatable bonds is 6. The average Bonchev–Trinajstić information content (AvgIpc) is 2.60. The molecule has 0 aromatic heterocycles. The van der Waals surface area contributed by atoms with E-state index < -0.39 is 0 Å². The van der Waals surface area contributed by atoms with Gasteiger partial charge in [-0.05, 0) is 23.3 Å². The van der Waals surface area contributed by atoms with E-state index in [1.165, 1.54) is 4.90 Å². The lowest BCUT2D eigenvalue weighted by atomic mass is 10.0. The highest BCUT2D eigenvalue weighted by molar-refractivity contribution is 5.93. The maximum absolute atomic E-state index is 12.0. The number of hydrogen-bond donors (Lipinski definition) is 2. The first-order chi connectivity index (χ1) is 11.5. The van der Waals surface area contributed by atoms with Gasteiger partial charge in [-0.3, -0.25) is 9.59 Å². The van der Waals surface area contributed by atoms with Crippen LogP contribution in [-0.4, -0.2) is 30.8 Å². The second-order valence-corrected chi connectivity index (χ2v) is 5.89. The van der Waals surface area contributed by atoms with E-state index in [-0.39, 0.29) is 36.7 Å². The van der Waals surface area contributed by atoms with Crippen LogP contribution in [0, 0.1) is 0 Å². The molecule has 1 atom stereocenters. The molecular weight excluding hydrogens is 338 g/mol. The van der Waals surface area contributed by atoms with Crippen LogP contribution in [-0.2, 0) is 11.3 Å². The number of nitrogens with zero attached hydrogens (tertiary/aromatic N) is 1. The number of hydrogen-bond acceptors (Lipinski definition) is 3. The normalized spacial score (nSPS) is 11.2. The van der Waals surface area contributed by atoms with Gasteiger partial charge in [-0.25, -0.2) is 0 Å². The molecule has 0 heterocycles. The van der Waals surface area contributed by atoms with Crippen LogP contribution in [0.2, 0.25) is 0 Å². The lowest BCUT2D eigenvalue weighted by Crippen LogP contribution is -2.27. The van der Waals surface area contributed by atoms with Crippen LogP contribution in [0.1, 0.15) is 33.9 Å². The molecule has 2 aromatic rings. The summed E-state index contributed by atoms with van der Waals surface area (Å²) in [5.74, 6) is -0.140. The fourth-order valence-electron chi connectivity index (χ4n) is 2.31. The third-order valence-corrected chi connectivity index (χ3v) is 3.73. The third kappa shape index (κ3) is 6.21. The molecule has 0 radical (unpaired) electrons. The Morgan fingerprint density at radius 1 is 1.04 bits per heavy atom. The Labute approximate surface area is 154 Å². The van der Waals surface area contributed by atoms with Crippen LogP contribution < -0.4 is 11.1 Å². The fraction of sp³-hybridized carbons (Fsp3) is 0.263. The molecule has 0 saturated heterocycles. The number of halogens is 1. The minimum atomic E-state index is -0.314. The quantitative estimate of drug-likeness (QED) is 0.830. The van der Waals surface area contributed by atoms with Crippen molar-refractivity contribution >= 4 is 24.2 Å². The summed E-state index contributed by atoms with van der Waals surface area (Å²) >= 11 is 0. The Balaban J connectivity index is 0.00000312. The molecule has 25 heavy (non-hydrogen) atoms. The van der Waals surface area contributed by atoms with Crippen molar-refractivity contribution < 1.29 is 9.59 Å². The summed E-state index contributed by atoms with van der Waals surface area (Å²) in [7, 11) is 3.43. The molecule has 3 N–H and O–H groups in total. The number of nitrogens with two attached hydrogens (primary N) is 1. The van der Waals surface area contributed by atoms with Gasteiger partial charge >= 0.3 is 0 Å². The molecule has 0 spiro atoms. The van der Waals surface area contributed by atoms with Gasteiger partial charge in [0.2, 0.25) is 5.91 Å². The van der Waals surface area contributed by atoms with Crippen molar-refractivity contribution in [3.05, 3.63) is 71.3 Å². The molecule has 6 heteroatoms. The first-order valence-electron chi connectivity index (χ1n) is 7.85. The molecule has 0 aliphatic carbocycles. The van der Waals surface area contributed by atoms with Gasteiger partial charge in [-0.2, -0.15) is 0 Å². The average molecular weight is 362 g/mol. The number of carbonyl (C=O) groups is 2. The number of benzene rings is 2. The van der Waals surface area contributed by atoms with Crippen molar-refractivity contribution in [2.24, 2.45) is 5.73 Å². The first kappa shape index (κ1) is 20.7. The number of amides is 2. The molecule has 1 unspecified atom stereocenters. The van der Waals surface area contributed by atoms with E-state index in [9.17, 15) is 9.59 Å². The minimum Gasteiger partial charge on any atom is -0.352 e. The number of nitrogens with one attached hydrogen (secondary N) is 1. The van der Waals surface area contributed by atoms with Crippen molar-refractivity contribution in [3.63, 3.8) is 0 Å². The van der Waals surface area contributed by atoms with Gasteiger partial charge in [0, 0.05) is 38.7 Å². The standard InChI is InChI=1S/C19H23N3O2.ClH/c1-22(2)19(24)16-10-8-14(9-11-16)13-21-18(23)12-17(20)15-6-4-3-5-7-15;/h3-11,17H,12-13,20H2,1-2H3,(H,21,23);1H. The van der Waals surface area contributed by atoms with Gasteiger partial charge in [0.15, 0.2) is 0 Å². The van der Waals surface area contributed by atoms with Gasteiger partial charge < -0.3 is 16.0 Å². The van der Waals surface area contributed by atoms with E-state index in [4.69, 9.17) is 5.73 Å². The largest absolute Gasteiger partial charge is 0.352 e. The van der Waals surface area contributed by atoms with Gasteiger partial charge in [0.1, 0.15) is 0 Å². The summed E-state index contributed by atoms with van der Waals surface area (Å²) in [6.07, 6.45) is 0.237. The molecule has 5 nitrogen and oxygen atoms in total. The lowest BCUT2D eigenvalue weighted by Gasteiger charge is -2.13. The number of carbonyl (C=O) groups excluding carboxylic acids is 2. The van der Waals surface area contributed by atoms with E-state index in [1.807, 2.05) is 42.5 Å². The predicted octanol–water partition coefficient (Wildman–Crippen LogP) is 2.52. The summed E-state index contributed by atoms with van der Waals surface area (Å²) in [6.45, 7) is 0.413. The summed E-state index contributed by atoms with van der Waals surface area (Å²) < 4.78 is 0. The van der Waals surface area contributed by atoms with Crippen molar-refractivity contribution in [1.29, 1.82) is 0 Å². The molecular formula is C19H24ClN3O2. The van der Waals surface area contributed by atoms with Crippen LogP contribution in [0.3, 0.4) is 0 Å². The zero-order valence-corrected chi connectivity index (χ0v) is 15.3. The van der Waals surface area contributed by atoms with E-state index in [2.05, 4.69) is 5.32 Å². The minimum absolute atomic E-state index is 0. The SMILES string of the molecule is CN(C)C(=O)c1ccc(CNC(=O)CC(N)c2ccccc2)cc1.Cl. The van der Waals surface area contributed by atoms with Gasteiger partial charge in [0.25, 0.3) is 5.91 Å².